The van der Waals surface area contributed by atoms with Crippen LogP contribution in [0, 0.1) is 0 Å². The van der Waals surface area contributed by atoms with Crippen LogP contribution in [0.25, 0.3) is 10.6 Å². The van der Waals surface area contributed by atoms with Crippen LogP contribution in [0.1, 0.15) is 6.92 Å². The Bertz CT molecular complexity index is 436. The molecule has 78 valence electrons. The minimum atomic E-state index is 0.912. The minimum absolute atomic E-state index is 0.912. The molecule has 0 radical (unpaired) electrons. The van der Waals surface area contributed by atoms with Crippen molar-refractivity contribution in [3.63, 3.8) is 0 Å². The van der Waals surface area contributed by atoms with E-state index in [1.165, 1.54) is 10.5 Å². The lowest BCUT2D eigenvalue weighted by atomic mass is 10.2. The number of thioether (sulfide) groups is 1. The summed E-state index contributed by atoms with van der Waals surface area (Å²) in [4.78, 5) is 5.70. The standard InChI is InChI=1S/C11H10BrNS2/c1-2-14-9-5-3-8(4-6-9)11-13-10(12)7-15-11/h3-7H,2H2,1H3. The van der Waals surface area contributed by atoms with Gasteiger partial charge in [-0.3, -0.25) is 0 Å². The number of hydrogen-bond acceptors (Lipinski definition) is 3. The van der Waals surface area contributed by atoms with E-state index in [0.717, 1.165) is 15.4 Å². The molecule has 0 saturated heterocycles. The van der Waals surface area contributed by atoms with Gasteiger partial charge in [-0.2, -0.15) is 0 Å². The first-order valence-corrected chi connectivity index (χ1v) is 7.29. The Labute approximate surface area is 106 Å². The molecule has 0 aliphatic heterocycles. The SMILES string of the molecule is CCSc1ccc(-c2nc(Br)cs2)cc1. The summed E-state index contributed by atoms with van der Waals surface area (Å²) < 4.78 is 0.912. The molecule has 0 atom stereocenters. The molecule has 2 rings (SSSR count). The van der Waals surface area contributed by atoms with Crippen LogP contribution in [0.5, 0.6) is 0 Å². The van der Waals surface area contributed by atoms with Crippen molar-refractivity contribution in [2.45, 2.75) is 11.8 Å². The molecule has 4 heteroatoms. The normalized spacial score (nSPS) is 10.5. The summed E-state index contributed by atoms with van der Waals surface area (Å²) in [7, 11) is 0. The van der Waals surface area contributed by atoms with Gasteiger partial charge in [0, 0.05) is 15.8 Å². The summed E-state index contributed by atoms with van der Waals surface area (Å²) in [5.41, 5.74) is 1.19. The zero-order chi connectivity index (χ0) is 10.7. The predicted octanol–water partition coefficient (Wildman–Crippen LogP) is 4.68. The van der Waals surface area contributed by atoms with Crippen LogP contribution in [-0.4, -0.2) is 10.7 Å². The minimum Gasteiger partial charge on any atom is -0.229 e. The van der Waals surface area contributed by atoms with Gasteiger partial charge in [-0.25, -0.2) is 4.98 Å². The van der Waals surface area contributed by atoms with Crippen LogP contribution in [-0.2, 0) is 0 Å². The fourth-order valence-electron chi connectivity index (χ4n) is 1.25. The molecule has 0 fully saturated rings. The van der Waals surface area contributed by atoms with Gasteiger partial charge in [0.25, 0.3) is 0 Å². The third kappa shape index (κ3) is 2.83. The molecule has 0 amide bonds. The molecule has 1 aromatic heterocycles. The third-order valence-electron chi connectivity index (χ3n) is 1.89. The first kappa shape index (κ1) is 11.2. The van der Waals surface area contributed by atoms with E-state index in [9.17, 15) is 0 Å². The van der Waals surface area contributed by atoms with Crippen LogP contribution in [0.15, 0.2) is 39.1 Å². The van der Waals surface area contributed by atoms with Crippen molar-refractivity contribution < 1.29 is 0 Å². The molecule has 1 heterocycles. The Balaban J connectivity index is 2.23. The van der Waals surface area contributed by atoms with E-state index < -0.39 is 0 Å². The Morgan fingerprint density at radius 3 is 2.60 bits per heavy atom. The van der Waals surface area contributed by atoms with Crippen molar-refractivity contribution in [1.29, 1.82) is 0 Å². The monoisotopic (exact) mass is 299 g/mol. The second-order valence-corrected chi connectivity index (χ2v) is 5.94. The second-order valence-electron chi connectivity index (χ2n) is 2.93. The highest BCUT2D eigenvalue weighted by molar-refractivity contribution is 9.10. The van der Waals surface area contributed by atoms with Gasteiger partial charge in [0.1, 0.15) is 9.61 Å². The van der Waals surface area contributed by atoms with Crippen LogP contribution < -0.4 is 0 Å². The van der Waals surface area contributed by atoms with E-state index in [1.54, 1.807) is 11.3 Å². The lowest BCUT2D eigenvalue weighted by Crippen LogP contribution is -1.77. The zero-order valence-corrected chi connectivity index (χ0v) is 11.5. The lowest BCUT2D eigenvalue weighted by molar-refractivity contribution is 1.35. The summed E-state index contributed by atoms with van der Waals surface area (Å²) >= 11 is 6.88. The quantitative estimate of drug-likeness (QED) is 0.763. The Hall–Kier alpha value is -0.320. The first-order valence-electron chi connectivity index (χ1n) is 4.64. The van der Waals surface area contributed by atoms with Gasteiger partial charge < -0.3 is 0 Å². The predicted molar refractivity (Wildman–Crippen MR) is 71.6 cm³/mol. The van der Waals surface area contributed by atoms with Crippen molar-refractivity contribution in [2.75, 3.05) is 5.75 Å². The van der Waals surface area contributed by atoms with E-state index in [2.05, 4.69) is 52.1 Å². The molecule has 2 aromatic rings. The van der Waals surface area contributed by atoms with E-state index in [4.69, 9.17) is 0 Å². The van der Waals surface area contributed by atoms with Crippen molar-refractivity contribution in [2.24, 2.45) is 0 Å². The fourth-order valence-corrected chi connectivity index (χ4v) is 3.17. The Kier molecular flexibility index (Phi) is 3.83. The van der Waals surface area contributed by atoms with Crippen molar-refractivity contribution in [1.82, 2.24) is 4.98 Å². The maximum atomic E-state index is 4.38. The van der Waals surface area contributed by atoms with Crippen molar-refractivity contribution in [3.05, 3.63) is 34.2 Å². The van der Waals surface area contributed by atoms with Crippen LogP contribution >= 0.6 is 39.0 Å². The van der Waals surface area contributed by atoms with Crippen LogP contribution in [0.4, 0.5) is 0 Å². The molecule has 0 saturated carbocycles. The molecular formula is C11H10BrNS2. The highest BCUT2D eigenvalue weighted by atomic mass is 79.9. The van der Waals surface area contributed by atoms with Crippen LogP contribution in [0.2, 0.25) is 0 Å². The van der Waals surface area contributed by atoms with Gasteiger partial charge in [-0.05, 0) is 33.8 Å². The second kappa shape index (κ2) is 5.14. The molecule has 1 nitrogen and oxygen atoms in total. The van der Waals surface area contributed by atoms with E-state index in [0.29, 0.717) is 0 Å². The summed E-state index contributed by atoms with van der Waals surface area (Å²) in [5, 5.41) is 3.07. The Morgan fingerprint density at radius 1 is 1.33 bits per heavy atom. The fraction of sp³-hybridized carbons (Fsp3) is 0.182. The Morgan fingerprint density at radius 2 is 2.07 bits per heavy atom. The molecule has 0 aliphatic carbocycles. The average molecular weight is 300 g/mol. The van der Waals surface area contributed by atoms with Crippen molar-refractivity contribution in [3.8, 4) is 10.6 Å². The third-order valence-corrected chi connectivity index (χ3v) is 4.38. The summed E-state index contributed by atoms with van der Waals surface area (Å²) in [6.07, 6.45) is 0. The van der Waals surface area contributed by atoms with Crippen molar-refractivity contribution >= 4 is 39.0 Å². The summed E-state index contributed by atoms with van der Waals surface area (Å²) in [6.45, 7) is 2.16. The molecule has 0 N–H and O–H groups in total. The van der Waals surface area contributed by atoms with Gasteiger partial charge in [0.15, 0.2) is 0 Å². The van der Waals surface area contributed by atoms with Gasteiger partial charge >= 0.3 is 0 Å². The van der Waals surface area contributed by atoms with Gasteiger partial charge in [-0.1, -0.05) is 19.1 Å². The van der Waals surface area contributed by atoms with Crippen LogP contribution in [0.3, 0.4) is 0 Å². The first-order chi connectivity index (χ1) is 7.29. The van der Waals surface area contributed by atoms with E-state index in [1.807, 2.05) is 17.1 Å². The number of benzene rings is 1. The number of thiazole rings is 1. The number of hydrogen-bond donors (Lipinski definition) is 0. The number of nitrogens with zero attached hydrogens (tertiary/aromatic N) is 1. The van der Waals surface area contributed by atoms with E-state index >= 15 is 0 Å². The largest absolute Gasteiger partial charge is 0.229 e. The molecule has 0 aliphatic rings. The molecular weight excluding hydrogens is 290 g/mol. The molecule has 0 unspecified atom stereocenters. The highest BCUT2D eigenvalue weighted by Crippen LogP contribution is 2.27. The molecule has 0 bridgehead atoms. The maximum absolute atomic E-state index is 4.38. The van der Waals surface area contributed by atoms with Gasteiger partial charge in [0.2, 0.25) is 0 Å². The smallest absolute Gasteiger partial charge is 0.124 e. The topological polar surface area (TPSA) is 12.9 Å². The number of aromatic nitrogens is 1. The summed E-state index contributed by atoms with van der Waals surface area (Å²) in [6, 6.07) is 8.56. The number of halogens is 1. The van der Waals surface area contributed by atoms with E-state index in [-0.39, 0.29) is 0 Å². The van der Waals surface area contributed by atoms with Gasteiger partial charge in [-0.15, -0.1) is 23.1 Å². The summed E-state index contributed by atoms with van der Waals surface area (Å²) in [5.74, 6) is 1.11. The molecule has 15 heavy (non-hydrogen) atoms. The average Bonchev–Trinajstić information content (AvgIpc) is 2.67. The highest BCUT2D eigenvalue weighted by Gasteiger charge is 2.02. The van der Waals surface area contributed by atoms with Gasteiger partial charge in [0.05, 0.1) is 0 Å². The number of rotatable bonds is 3. The zero-order valence-electron chi connectivity index (χ0n) is 8.24. The maximum Gasteiger partial charge on any atom is 0.124 e. The lowest BCUT2D eigenvalue weighted by Gasteiger charge is -1.99. The molecule has 1 aromatic carbocycles. The molecule has 0 spiro atoms.